The number of Topliss-reactive ketones (excluding diaryl/α,β-unsaturated/α-hetero) is 1. The lowest BCUT2D eigenvalue weighted by molar-refractivity contribution is -0.116. The molecule has 1 unspecified atom stereocenters. The third-order valence-electron chi connectivity index (χ3n) is 7.15. The number of methoxy groups -OCH3 is 1. The summed E-state index contributed by atoms with van der Waals surface area (Å²) in [5, 5.41) is 22.2. The Morgan fingerprint density at radius 3 is 2.73 bits per heavy atom. The number of carbonyl (C=O) groups is 2. The maximum absolute atomic E-state index is 13.3. The van der Waals surface area contributed by atoms with Gasteiger partial charge in [0.15, 0.2) is 10.1 Å². The Labute approximate surface area is 240 Å². The lowest BCUT2D eigenvalue weighted by Crippen LogP contribution is -2.38. The molecule has 0 radical (unpaired) electrons. The van der Waals surface area contributed by atoms with Gasteiger partial charge in [0.1, 0.15) is 11.6 Å². The molecule has 3 aromatic rings. The fraction of sp³-hybridized carbons (Fsp3) is 0.276. The van der Waals surface area contributed by atoms with E-state index in [2.05, 4.69) is 21.6 Å². The van der Waals surface area contributed by atoms with Crippen LogP contribution in [-0.2, 0) is 9.59 Å². The number of rotatable bonds is 7. The molecule has 5 rings (SSSR count). The van der Waals surface area contributed by atoms with Crippen molar-refractivity contribution in [3.63, 3.8) is 0 Å². The van der Waals surface area contributed by atoms with E-state index in [1.165, 1.54) is 23.1 Å². The molecule has 11 heteroatoms. The maximum Gasteiger partial charge on any atom is 0.234 e. The van der Waals surface area contributed by atoms with E-state index < -0.39 is 5.92 Å². The molecule has 9 nitrogen and oxygen atoms in total. The van der Waals surface area contributed by atoms with Crippen molar-refractivity contribution < 1.29 is 14.3 Å². The lowest BCUT2D eigenvalue weighted by Gasteiger charge is -2.38. The van der Waals surface area contributed by atoms with Crippen LogP contribution in [0.3, 0.4) is 0 Å². The monoisotopic (exact) mass is 572 g/mol. The highest BCUT2D eigenvalue weighted by Crippen LogP contribution is 2.47. The number of aromatic nitrogens is 2. The van der Waals surface area contributed by atoms with E-state index in [-0.39, 0.29) is 28.8 Å². The van der Waals surface area contributed by atoms with Crippen molar-refractivity contribution in [3.05, 3.63) is 81.8 Å². The molecular formula is C29H28N6O3S2. The maximum atomic E-state index is 13.3. The van der Waals surface area contributed by atoms with Gasteiger partial charge < -0.3 is 15.8 Å². The number of ether oxygens (including phenoxy) is 1. The van der Waals surface area contributed by atoms with Gasteiger partial charge in [0.2, 0.25) is 11.0 Å². The van der Waals surface area contributed by atoms with Crippen LogP contribution in [0, 0.1) is 25.2 Å². The zero-order valence-corrected chi connectivity index (χ0v) is 24.0. The van der Waals surface area contributed by atoms with Gasteiger partial charge in [-0.15, -0.1) is 10.2 Å². The molecule has 0 fully saturated rings. The van der Waals surface area contributed by atoms with Gasteiger partial charge in [-0.25, -0.2) is 0 Å². The van der Waals surface area contributed by atoms with Crippen LogP contribution in [-0.4, -0.2) is 34.8 Å². The number of nitriles is 1. The predicted octanol–water partition coefficient (Wildman–Crippen LogP) is 5.20. The number of benzene rings is 2. The first-order valence-corrected chi connectivity index (χ1v) is 14.5. The van der Waals surface area contributed by atoms with Crippen molar-refractivity contribution in [1.29, 1.82) is 5.26 Å². The molecule has 2 aromatic carbocycles. The smallest absolute Gasteiger partial charge is 0.234 e. The predicted molar refractivity (Wildman–Crippen MR) is 156 cm³/mol. The molecule has 2 aliphatic rings. The third-order valence-corrected chi connectivity index (χ3v) is 9.20. The van der Waals surface area contributed by atoms with Crippen LogP contribution in [0.5, 0.6) is 5.75 Å². The minimum atomic E-state index is -0.564. The Morgan fingerprint density at radius 2 is 2.00 bits per heavy atom. The summed E-state index contributed by atoms with van der Waals surface area (Å²) < 4.78 is 5.86. The lowest BCUT2D eigenvalue weighted by atomic mass is 9.76. The number of hydrogen-bond donors (Lipinski definition) is 2. The van der Waals surface area contributed by atoms with Gasteiger partial charge in [-0.1, -0.05) is 47.4 Å². The van der Waals surface area contributed by atoms with Crippen LogP contribution in [0.4, 0.5) is 10.8 Å². The SMILES string of the molecule is COc1ccc(C2C(C#N)=C(N)N(c3nnc(SCC(=O)Nc4cccc(C)c4C)s3)C3=C2C(=O)CCC3)cc1. The Morgan fingerprint density at radius 1 is 1.23 bits per heavy atom. The number of nitrogens with zero attached hydrogens (tertiary/aromatic N) is 4. The molecule has 0 saturated heterocycles. The fourth-order valence-corrected chi connectivity index (χ4v) is 6.67. The van der Waals surface area contributed by atoms with E-state index >= 15 is 0 Å². The number of aryl methyl sites for hydroxylation is 1. The zero-order valence-electron chi connectivity index (χ0n) is 22.4. The van der Waals surface area contributed by atoms with Gasteiger partial charge in [-0.3, -0.25) is 14.5 Å². The van der Waals surface area contributed by atoms with Gasteiger partial charge in [0, 0.05) is 23.4 Å². The number of anilines is 2. The number of carbonyl (C=O) groups excluding carboxylic acids is 2. The summed E-state index contributed by atoms with van der Waals surface area (Å²) in [4.78, 5) is 27.6. The molecule has 40 heavy (non-hydrogen) atoms. The standard InChI is InChI=1S/C29H28N6O3S2/c1-16-6-4-7-21(17(16)2)32-24(37)15-39-29-34-33-28(40-29)35-22-8-5-9-23(36)26(22)25(20(14-30)27(35)31)18-10-12-19(38-3)13-11-18/h4,6-7,10-13,25H,5,8-9,15,31H2,1-3H3,(H,32,37). The van der Waals surface area contributed by atoms with Crippen molar-refractivity contribution in [2.75, 3.05) is 23.1 Å². The number of nitrogens with one attached hydrogen (secondary N) is 1. The Kier molecular flexibility index (Phi) is 7.91. The van der Waals surface area contributed by atoms with Crippen LogP contribution < -0.4 is 20.7 Å². The summed E-state index contributed by atoms with van der Waals surface area (Å²) >= 11 is 2.54. The summed E-state index contributed by atoms with van der Waals surface area (Å²) in [6.07, 6.45) is 1.70. The highest BCUT2D eigenvalue weighted by molar-refractivity contribution is 8.01. The largest absolute Gasteiger partial charge is 0.497 e. The molecule has 204 valence electrons. The molecule has 1 amide bonds. The highest BCUT2D eigenvalue weighted by atomic mass is 32.2. The molecule has 1 atom stereocenters. The molecule has 2 heterocycles. The minimum absolute atomic E-state index is 0.00505. The van der Waals surface area contributed by atoms with E-state index in [4.69, 9.17) is 10.5 Å². The van der Waals surface area contributed by atoms with Gasteiger partial charge in [-0.05, 0) is 61.6 Å². The minimum Gasteiger partial charge on any atom is -0.497 e. The number of thioether (sulfide) groups is 1. The zero-order chi connectivity index (χ0) is 28.4. The quantitative estimate of drug-likeness (QED) is 0.366. The average molecular weight is 573 g/mol. The fourth-order valence-electron chi connectivity index (χ4n) is 4.99. The van der Waals surface area contributed by atoms with Crippen LogP contribution in [0.15, 0.2) is 69.5 Å². The second kappa shape index (κ2) is 11.5. The van der Waals surface area contributed by atoms with Crippen molar-refractivity contribution in [1.82, 2.24) is 10.2 Å². The first-order chi connectivity index (χ1) is 19.3. The molecule has 1 aliphatic heterocycles. The summed E-state index contributed by atoms with van der Waals surface area (Å²) in [7, 11) is 1.59. The first kappa shape index (κ1) is 27.4. The summed E-state index contributed by atoms with van der Waals surface area (Å²) in [6, 6.07) is 15.4. The number of ketones is 1. The van der Waals surface area contributed by atoms with E-state index in [1.54, 1.807) is 12.0 Å². The van der Waals surface area contributed by atoms with Crippen LogP contribution in [0.1, 0.15) is 41.9 Å². The number of hydrogen-bond acceptors (Lipinski definition) is 10. The molecule has 0 saturated carbocycles. The van der Waals surface area contributed by atoms with Crippen LogP contribution in [0.25, 0.3) is 0 Å². The van der Waals surface area contributed by atoms with Crippen molar-refractivity contribution in [3.8, 4) is 11.8 Å². The van der Waals surface area contributed by atoms with Crippen LogP contribution in [0.2, 0.25) is 0 Å². The molecule has 1 aliphatic carbocycles. The molecular weight excluding hydrogens is 544 g/mol. The van der Waals surface area contributed by atoms with E-state index in [0.29, 0.717) is 40.1 Å². The normalized spacial score (nSPS) is 17.0. The third kappa shape index (κ3) is 5.20. The molecule has 1 aromatic heterocycles. The van der Waals surface area contributed by atoms with E-state index in [0.717, 1.165) is 28.1 Å². The molecule has 3 N–H and O–H groups in total. The van der Waals surface area contributed by atoms with Gasteiger partial charge >= 0.3 is 0 Å². The second-order valence-electron chi connectivity index (χ2n) is 9.52. The van der Waals surface area contributed by atoms with Gasteiger partial charge in [0.05, 0.1) is 30.4 Å². The Hall–Kier alpha value is -4.14. The average Bonchev–Trinajstić information content (AvgIpc) is 3.42. The Balaban J connectivity index is 1.41. The van der Waals surface area contributed by atoms with E-state index in [1.807, 2.05) is 56.3 Å². The highest BCUT2D eigenvalue weighted by Gasteiger charge is 2.41. The topological polar surface area (TPSA) is 134 Å². The summed E-state index contributed by atoms with van der Waals surface area (Å²) in [5.41, 5.74) is 11.9. The van der Waals surface area contributed by atoms with Crippen LogP contribution >= 0.6 is 23.1 Å². The number of nitrogens with two attached hydrogens (primary N) is 1. The summed E-state index contributed by atoms with van der Waals surface area (Å²) in [6.45, 7) is 3.97. The first-order valence-electron chi connectivity index (χ1n) is 12.7. The molecule has 0 spiro atoms. The van der Waals surface area contributed by atoms with Gasteiger partial charge in [0.25, 0.3) is 0 Å². The number of allylic oxidation sites excluding steroid dienone is 3. The van der Waals surface area contributed by atoms with Gasteiger partial charge in [-0.2, -0.15) is 5.26 Å². The summed E-state index contributed by atoms with van der Waals surface area (Å²) in [5.74, 6) is 0.354. The van der Waals surface area contributed by atoms with E-state index in [9.17, 15) is 14.9 Å². The van der Waals surface area contributed by atoms with Crippen molar-refractivity contribution in [2.24, 2.45) is 5.73 Å². The number of amides is 1. The second-order valence-corrected chi connectivity index (χ2v) is 11.7. The Bertz CT molecular complexity index is 1590. The molecule has 0 bridgehead atoms. The van der Waals surface area contributed by atoms with Crippen molar-refractivity contribution >= 4 is 45.6 Å². The van der Waals surface area contributed by atoms with Crippen molar-refractivity contribution in [2.45, 2.75) is 43.4 Å².